The van der Waals surface area contributed by atoms with Crippen molar-refractivity contribution in [2.24, 2.45) is 5.92 Å². The Morgan fingerprint density at radius 2 is 0.708 bits per heavy atom. The van der Waals surface area contributed by atoms with Crippen LogP contribution in [0, 0.1) is 5.92 Å². The van der Waals surface area contributed by atoms with Crippen molar-refractivity contribution in [2.45, 2.75) is 202 Å². The first-order chi connectivity index (χ1) is 55.8. The van der Waals surface area contributed by atoms with Gasteiger partial charge in [-0.25, -0.2) is 4.79 Å². The van der Waals surface area contributed by atoms with Crippen molar-refractivity contribution in [1.29, 1.82) is 0 Å². The molecule has 4 unspecified atom stereocenters. The van der Waals surface area contributed by atoms with Gasteiger partial charge in [-0.15, -0.1) is 5.06 Å². The van der Waals surface area contributed by atoms with Crippen molar-refractivity contribution in [3.05, 3.63) is 0 Å². The summed E-state index contributed by atoms with van der Waals surface area (Å²) in [5.41, 5.74) is 2.18. The Labute approximate surface area is 672 Å². The summed E-state index contributed by atoms with van der Waals surface area (Å²) < 4.78 is 84.7. The van der Waals surface area contributed by atoms with E-state index in [-0.39, 0.29) is 135 Å². The first-order valence-corrected chi connectivity index (χ1v) is 35.7. The molecule has 2 rings (SSSR count). The summed E-state index contributed by atoms with van der Waals surface area (Å²) >= 11 is 0. The molecule has 0 bridgehead atoms. The van der Waals surface area contributed by atoms with E-state index in [1.807, 2.05) is 16.0 Å². The molecule has 2 saturated heterocycles. The molecule has 678 valence electrons. The normalized spacial score (nSPS) is 15.6. The fourth-order valence-electron chi connectivity index (χ4n) is 9.29. The van der Waals surface area contributed by atoms with E-state index in [2.05, 4.69) is 31.5 Å². The first kappa shape index (κ1) is 109. The number of alkyl halides is 6. The number of nitrogens with zero attached hydrogens (tertiary/aromatic N) is 2. The smallest absolute Gasteiger partial charge is 0.471 e. The summed E-state index contributed by atoms with van der Waals surface area (Å²) in [5, 5.41) is 134. The van der Waals surface area contributed by atoms with E-state index < -0.39 is 255 Å². The van der Waals surface area contributed by atoms with Gasteiger partial charge in [0.2, 0.25) is 35.4 Å². The van der Waals surface area contributed by atoms with Gasteiger partial charge in [-0.1, -0.05) is 6.92 Å². The number of carboxylic acids is 4. The first-order valence-electron chi connectivity index (χ1n) is 35.7. The quantitative estimate of drug-likeness (QED) is 0.0153. The molecule has 0 aromatic rings. The van der Waals surface area contributed by atoms with Gasteiger partial charge in [-0.3, -0.25) is 106 Å². The molecule has 14 amide bonds. The Morgan fingerprint density at radius 1 is 0.392 bits per heavy atom. The molecule has 2 fully saturated rings. The zero-order chi connectivity index (χ0) is 92.1. The number of ketones is 3. The SMILES string of the molecule is CCC(CC(=O)O)C(=O)NCCNC(=O)[C@@H](O)[C@H](O)[C@H](O)[C@@H](O)C(=O)NCCCC(=O)C(CC(=O)O)NC(=O)CCOCCC(C)=O.O=C(CCOCCC(=O)ON1C(=O)CCC1=O)NN1C(=O)CCC1=O.O=C(O)CC(NC(=O)C(F)(F)F)C(=O)CCCNC(=O)[C@H](O)[C@@H](O)[C@@H](O)[C@H](O)C(=O)NCCNC(=O)C(CC(=O)O)NC(=O)C(F)(F)F. The lowest BCUT2D eigenvalue weighted by Crippen LogP contribution is -2.55. The molecular weight excluding hydrogens is 1650 g/mol. The molecule has 0 aromatic carbocycles. The fourth-order valence-corrected chi connectivity index (χ4v) is 9.29. The van der Waals surface area contributed by atoms with Crippen molar-refractivity contribution < 1.29 is 207 Å². The van der Waals surface area contributed by atoms with Gasteiger partial charge in [0, 0.05) is 96.6 Å². The number of imide groups is 2. The van der Waals surface area contributed by atoms with Crippen LogP contribution in [-0.2, 0) is 120 Å². The Morgan fingerprint density at radius 3 is 1.07 bits per heavy atom. The number of ether oxygens (including phenoxy) is 2. The van der Waals surface area contributed by atoms with Crippen LogP contribution >= 0.6 is 0 Å². The van der Waals surface area contributed by atoms with Gasteiger partial charge >= 0.3 is 54.0 Å². The predicted octanol–water partition coefficient (Wildman–Crippen LogP) is -10.3. The van der Waals surface area contributed by atoms with Crippen molar-refractivity contribution >= 4 is 130 Å². The molecule has 49 nitrogen and oxygen atoms in total. The van der Waals surface area contributed by atoms with Crippen LogP contribution in [0.15, 0.2) is 0 Å². The number of nitrogens with one attached hydrogen (secondary N) is 10. The molecule has 120 heavy (non-hydrogen) atoms. The van der Waals surface area contributed by atoms with Gasteiger partial charge < -0.3 is 123 Å². The van der Waals surface area contributed by atoms with Gasteiger partial charge in [-0.2, -0.15) is 31.4 Å². The molecule has 0 spiro atoms. The van der Waals surface area contributed by atoms with Gasteiger partial charge in [-0.05, 0) is 26.2 Å². The summed E-state index contributed by atoms with van der Waals surface area (Å²) in [6.07, 6.45) is -35.3. The summed E-state index contributed by atoms with van der Waals surface area (Å²) in [6, 6.07) is -5.62. The molecule has 2 heterocycles. The molecular formula is C65H94F6N12O37. The van der Waals surface area contributed by atoms with E-state index in [9.17, 15) is 173 Å². The number of carbonyl (C=O) groups excluding carboxylic acids is 18. The highest BCUT2D eigenvalue weighted by atomic mass is 19.4. The third-order valence-electron chi connectivity index (χ3n) is 15.8. The van der Waals surface area contributed by atoms with Gasteiger partial charge in [0.15, 0.2) is 36.0 Å². The standard InChI is InChI=1S/C28H46N4O15.C23H31F6N5O14.C14H17N3O8/c1-3-16(13-20(36)37)26(44)30-9-10-31-28(46)25(43)23(41)22(40)24(42)27(45)29-8-4-5-18(34)17(14-21(38)39)32-19(35)7-12-47-11-6-15(2)33;24-22(25,26)20(47)33-8(6-11(36)37)10(35)2-1-3-30-18(45)15(42)13(40)14(41)16(43)19(46)32-5-4-31-17(44)9(7-12(38)39)34-21(48)23(27,28)29;18-9(15-16-10(19)1-2-11(16)20)5-7-24-8-6-14(23)25-17-12(21)3-4-13(17)22/h16-17,22-25,40-43H,3-14H2,1-2H3,(H,29,45)(H,30,44)(H,31,46)(H,32,35)(H,36,37)(H,38,39);8-9,13-16,40-43H,1-7H2,(H,30,45)(H,31,44)(H,32,46)(H,33,47)(H,34,48)(H,36,37)(H,38,39);1-8H2,(H,15,18)/t16?,17?,22-,23+,24+,25-;8?,9?,13-,14+,15+,16-;/m00./s1. The molecule has 0 aliphatic carbocycles. The number of aliphatic hydroxyl groups is 8. The predicted molar refractivity (Wildman–Crippen MR) is 372 cm³/mol. The van der Waals surface area contributed by atoms with Crippen LogP contribution in [0.5, 0.6) is 0 Å². The second-order valence-corrected chi connectivity index (χ2v) is 25.4. The molecule has 55 heteroatoms. The second-order valence-electron chi connectivity index (χ2n) is 25.4. The lowest BCUT2D eigenvalue weighted by molar-refractivity contribution is -0.198. The third-order valence-corrected chi connectivity index (χ3v) is 15.8. The third kappa shape index (κ3) is 43.8. The van der Waals surface area contributed by atoms with Gasteiger partial charge in [0.25, 0.3) is 35.4 Å². The largest absolute Gasteiger partial charge is 0.481 e. The lowest BCUT2D eigenvalue weighted by Gasteiger charge is -2.25. The number of aliphatic hydroxyl groups excluding tert-OH is 8. The molecule has 22 N–H and O–H groups in total. The maximum absolute atomic E-state index is 12.5. The molecule has 2 aliphatic rings. The zero-order valence-electron chi connectivity index (χ0n) is 63.8. The number of hydroxylamine groups is 2. The monoisotopic (exact) mass is 1750 g/mol. The number of rotatable bonds is 54. The molecule has 0 saturated carbocycles. The minimum absolute atomic E-state index is 0.0136. The number of Topliss-reactive ketones (excluding diaryl/α,β-unsaturated/α-hetero) is 3. The van der Waals surface area contributed by atoms with E-state index in [1.165, 1.54) is 12.2 Å². The van der Waals surface area contributed by atoms with Crippen molar-refractivity contribution in [1.82, 2.24) is 63.3 Å². The number of hydrogen-bond acceptors (Lipinski definition) is 33. The van der Waals surface area contributed by atoms with E-state index in [0.717, 1.165) is 5.32 Å². The highest BCUT2D eigenvalue weighted by Gasteiger charge is 2.44. The van der Waals surface area contributed by atoms with Crippen LogP contribution < -0.4 is 53.3 Å². The molecule has 0 aromatic heterocycles. The van der Waals surface area contributed by atoms with E-state index in [0.29, 0.717) is 10.1 Å². The number of carboxylic acid groups (broad SMARTS) is 4. The van der Waals surface area contributed by atoms with Crippen LogP contribution in [0.25, 0.3) is 0 Å². The number of aliphatic carboxylic acids is 4. The summed E-state index contributed by atoms with van der Waals surface area (Å²) in [6.45, 7) is 0.473. The van der Waals surface area contributed by atoms with Crippen LogP contribution in [0.3, 0.4) is 0 Å². The Bertz CT molecular complexity index is 3440. The van der Waals surface area contributed by atoms with Crippen LogP contribution in [0.2, 0.25) is 0 Å². The number of amides is 14. The summed E-state index contributed by atoms with van der Waals surface area (Å²) in [7, 11) is 0. The van der Waals surface area contributed by atoms with E-state index >= 15 is 0 Å². The number of carbonyl (C=O) groups is 22. The maximum atomic E-state index is 12.5. The summed E-state index contributed by atoms with van der Waals surface area (Å²) in [5.74, 6) is -25.3. The average Bonchev–Trinajstić information content (AvgIpc) is 1.70. The van der Waals surface area contributed by atoms with E-state index in [1.54, 1.807) is 6.92 Å². The maximum Gasteiger partial charge on any atom is 0.471 e. The zero-order valence-corrected chi connectivity index (χ0v) is 63.8. The topological polar surface area (TPSA) is 773 Å². The Kier molecular flexibility index (Phi) is 50.0. The van der Waals surface area contributed by atoms with Crippen LogP contribution in [0.1, 0.15) is 123 Å². The fraction of sp³-hybridized carbons (Fsp3) is 0.662. The van der Waals surface area contributed by atoms with Crippen molar-refractivity contribution in [3.8, 4) is 0 Å². The van der Waals surface area contributed by atoms with Gasteiger partial charge in [0.05, 0.1) is 77.0 Å². The van der Waals surface area contributed by atoms with E-state index in [4.69, 9.17) is 29.9 Å². The molecule has 0 radical (unpaired) electrons. The minimum atomic E-state index is -5.44. The number of halogens is 6. The highest BCUT2D eigenvalue weighted by molar-refractivity contribution is 6.04. The molecule has 12 atom stereocenters. The summed E-state index contributed by atoms with van der Waals surface area (Å²) in [4.78, 5) is 258. The lowest BCUT2D eigenvalue weighted by atomic mass is 10.0. The number of hydrogen-bond donors (Lipinski definition) is 22. The van der Waals surface area contributed by atoms with Crippen molar-refractivity contribution in [3.63, 3.8) is 0 Å². The van der Waals surface area contributed by atoms with Crippen molar-refractivity contribution in [2.75, 3.05) is 65.7 Å². The van der Waals surface area contributed by atoms with Crippen LogP contribution in [-0.4, -0.2) is 346 Å². The molecule has 2 aliphatic heterocycles. The Balaban J connectivity index is 0.00000185. The Hall–Kier alpha value is -11.5. The van der Waals surface area contributed by atoms with Gasteiger partial charge in [0.1, 0.15) is 36.2 Å². The average molecular weight is 1750 g/mol. The minimum Gasteiger partial charge on any atom is -0.481 e. The highest BCUT2D eigenvalue weighted by Crippen LogP contribution is 2.19. The second kappa shape index (κ2) is 55.3. The number of hydrazine groups is 1. The van der Waals surface area contributed by atoms with Crippen LogP contribution in [0.4, 0.5) is 26.3 Å².